The first kappa shape index (κ1) is 52.6. The minimum absolute atomic E-state index is 0.0559. The van der Waals surface area contributed by atoms with Gasteiger partial charge < -0.3 is 23.8 Å². The molecule has 0 heterocycles. The standard InChI is InChI=1S/C47H85NO7/c1-6-8-10-12-14-16-18-20-21-22-23-24-25-26-28-30-32-34-36-38-46(50)55-43(41-53-40-39-44(47(51)52)48(3,4)5)42-54-45(49)37-35-33-31-29-27-19-17-15-13-11-9-7-2/h14-17,20-21,43-44H,6-13,18-19,22-42H2,1-5H3/p+1/b16-14-,17-15-,21-20-. The monoisotopic (exact) mass is 777 g/mol. The molecule has 8 nitrogen and oxygen atoms in total. The number of esters is 2. The largest absolute Gasteiger partial charge is 0.477 e. The van der Waals surface area contributed by atoms with Gasteiger partial charge in [0.25, 0.3) is 0 Å². The molecule has 0 aromatic heterocycles. The lowest BCUT2D eigenvalue weighted by molar-refractivity contribution is -0.887. The number of carbonyl (C=O) groups is 3. The molecule has 0 saturated carbocycles. The summed E-state index contributed by atoms with van der Waals surface area (Å²) in [7, 11) is 5.52. The molecule has 55 heavy (non-hydrogen) atoms. The molecule has 2 atom stereocenters. The lowest BCUT2D eigenvalue weighted by Crippen LogP contribution is -2.50. The number of allylic oxidation sites excluding steroid dienone is 6. The number of hydrogen-bond acceptors (Lipinski definition) is 6. The third kappa shape index (κ3) is 36.9. The van der Waals surface area contributed by atoms with Crippen molar-refractivity contribution in [2.45, 2.75) is 206 Å². The molecule has 0 bridgehead atoms. The molecule has 0 saturated heterocycles. The molecule has 0 aliphatic rings. The zero-order valence-electron chi connectivity index (χ0n) is 36.4. The maximum absolute atomic E-state index is 12.7. The molecule has 0 spiro atoms. The number of rotatable bonds is 40. The van der Waals surface area contributed by atoms with Crippen LogP contribution in [0.15, 0.2) is 36.5 Å². The summed E-state index contributed by atoms with van der Waals surface area (Å²) in [4.78, 5) is 37.0. The van der Waals surface area contributed by atoms with Crippen LogP contribution in [0.3, 0.4) is 0 Å². The van der Waals surface area contributed by atoms with E-state index >= 15 is 0 Å². The molecule has 0 fully saturated rings. The van der Waals surface area contributed by atoms with Gasteiger partial charge >= 0.3 is 17.9 Å². The van der Waals surface area contributed by atoms with Crippen molar-refractivity contribution in [1.82, 2.24) is 0 Å². The fourth-order valence-electron chi connectivity index (χ4n) is 6.47. The second-order valence-corrected chi connectivity index (χ2v) is 16.3. The first-order valence-corrected chi connectivity index (χ1v) is 22.5. The van der Waals surface area contributed by atoms with Gasteiger partial charge in [0, 0.05) is 19.3 Å². The van der Waals surface area contributed by atoms with Gasteiger partial charge in [-0.1, -0.05) is 140 Å². The predicted octanol–water partition coefficient (Wildman–Crippen LogP) is 12.2. The number of likely N-dealkylation sites (N-methyl/N-ethyl adjacent to an activating group) is 1. The van der Waals surface area contributed by atoms with Crippen LogP contribution in [0.4, 0.5) is 0 Å². The van der Waals surface area contributed by atoms with E-state index in [1.54, 1.807) is 0 Å². The maximum atomic E-state index is 12.7. The highest BCUT2D eigenvalue weighted by Gasteiger charge is 2.31. The van der Waals surface area contributed by atoms with Crippen LogP contribution in [-0.2, 0) is 28.6 Å². The first-order valence-electron chi connectivity index (χ1n) is 22.5. The second kappa shape index (κ2) is 38.4. The summed E-state index contributed by atoms with van der Waals surface area (Å²) in [6.07, 6.45) is 43.2. The minimum atomic E-state index is -0.877. The van der Waals surface area contributed by atoms with Crippen LogP contribution in [-0.4, -0.2) is 80.6 Å². The predicted molar refractivity (Wildman–Crippen MR) is 229 cm³/mol. The molecule has 0 radical (unpaired) electrons. The average Bonchev–Trinajstić information content (AvgIpc) is 3.14. The highest BCUT2D eigenvalue weighted by molar-refractivity contribution is 5.72. The van der Waals surface area contributed by atoms with E-state index in [-0.39, 0.29) is 36.2 Å². The van der Waals surface area contributed by atoms with Gasteiger partial charge in [-0.05, 0) is 70.6 Å². The fraction of sp³-hybridized carbons (Fsp3) is 0.809. The van der Waals surface area contributed by atoms with E-state index < -0.39 is 18.1 Å². The zero-order chi connectivity index (χ0) is 40.7. The first-order chi connectivity index (χ1) is 26.6. The van der Waals surface area contributed by atoms with Crippen molar-refractivity contribution in [2.24, 2.45) is 0 Å². The maximum Gasteiger partial charge on any atom is 0.362 e. The Morgan fingerprint density at radius 3 is 1.42 bits per heavy atom. The van der Waals surface area contributed by atoms with Crippen LogP contribution in [0.1, 0.15) is 194 Å². The van der Waals surface area contributed by atoms with Gasteiger partial charge in [-0.3, -0.25) is 9.59 Å². The Morgan fingerprint density at radius 1 is 0.545 bits per heavy atom. The van der Waals surface area contributed by atoms with Gasteiger partial charge in [0.1, 0.15) is 6.61 Å². The smallest absolute Gasteiger partial charge is 0.362 e. The van der Waals surface area contributed by atoms with E-state index in [2.05, 4.69) is 50.3 Å². The number of carboxylic acids is 1. The molecular formula is C47H86NO7+. The number of quaternary nitrogens is 1. The summed E-state index contributed by atoms with van der Waals surface area (Å²) in [5.74, 6) is -1.48. The molecule has 0 aliphatic heterocycles. The Balaban J connectivity index is 4.31. The Morgan fingerprint density at radius 2 is 0.964 bits per heavy atom. The van der Waals surface area contributed by atoms with Crippen molar-refractivity contribution in [3.8, 4) is 0 Å². The number of ether oxygens (including phenoxy) is 3. The van der Waals surface area contributed by atoms with E-state index in [0.717, 1.165) is 57.8 Å². The van der Waals surface area contributed by atoms with E-state index in [4.69, 9.17) is 14.2 Å². The van der Waals surface area contributed by atoms with Crippen LogP contribution >= 0.6 is 0 Å². The molecule has 1 N–H and O–H groups in total. The fourth-order valence-corrected chi connectivity index (χ4v) is 6.47. The van der Waals surface area contributed by atoms with Crippen LogP contribution in [0.25, 0.3) is 0 Å². The SMILES string of the molecule is CCCCC/C=C\C/C=C\CCCCCCCCCCCC(=O)OC(COCCC(C(=O)O)[N+](C)(C)C)COC(=O)CCCCCCC/C=C\CCCCC. The Kier molecular flexibility index (Phi) is 36.7. The van der Waals surface area contributed by atoms with Gasteiger partial charge in [0.2, 0.25) is 0 Å². The van der Waals surface area contributed by atoms with Crippen molar-refractivity contribution in [2.75, 3.05) is 41.0 Å². The van der Waals surface area contributed by atoms with Gasteiger partial charge in [0.15, 0.2) is 12.1 Å². The summed E-state index contributed by atoms with van der Waals surface area (Å²) >= 11 is 0. The second-order valence-electron chi connectivity index (χ2n) is 16.3. The summed E-state index contributed by atoms with van der Waals surface area (Å²) in [6, 6.07) is -0.615. The number of unbranched alkanes of at least 4 members (excludes halogenated alkanes) is 20. The third-order valence-corrected chi connectivity index (χ3v) is 10.0. The number of nitrogens with zero attached hydrogens (tertiary/aromatic N) is 1. The third-order valence-electron chi connectivity index (χ3n) is 10.0. The highest BCUT2D eigenvalue weighted by Crippen LogP contribution is 2.14. The summed E-state index contributed by atoms with van der Waals surface area (Å²) in [5.41, 5.74) is 0. The Hall–Kier alpha value is -2.45. The molecule has 2 unspecified atom stereocenters. The number of aliphatic carboxylic acids is 1. The Labute approximate surface area is 338 Å². The van der Waals surface area contributed by atoms with Gasteiger partial charge in [-0.25, -0.2) is 4.79 Å². The summed E-state index contributed by atoms with van der Waals surface area (Å²) in [6.45, 7) is 4.68. The molecular weight excluding hydrogens is 691 g/mol. The van der Waals surface area contributed by atoms with Gasteiger partial charge in [-0.15, -0.1) is 0 Å². The van der Waals surface area contributed by atoms with Crippen molar-refractivity contribution in [3.63, 3.8) is 0 Å². The molecule has 8 heteroatoms. The van der Waals surface area contributed by atoms with Crippen LogP contribution in [0.5, 0.6) is 0 Å². The highest BCUT2D eigenvalue weighted by atomic mass is 16.6. The molecule has 320 valence electrons. The van der Waals surface area contributed by atoms with Gasteiger partial charge in [0.05, 0.1) is 34.4 Å². The quantitative estimate of drug-likeness (QED) is 0.0286. The van der Waals surface area contributed by atoms with Crippen molar-refractivity contribution >= 4 is 17.9 Å². The van der Waals surface area contributed by atoms with Crippen LogP contribution in [0.2, 0.25) is 0 Å². The van der Waals surface area contributed by atoms with Gasteiger partial charge in [-0.2, -0.15) is 0 Å². The Bertz CT molecular complexity index is 1000. The average molecular weight is 777 g/mol. The molecule has 0 aromatic rings. The summed E-state index contributed by atoms with van der Waals surface area (Å²) < 4.78 is 17.3. The summed E-state index contributed by atoms with van der Waals surface area (Å²) in [5, 5.41) is 9.62. The minimum Gasteiger partial charge on any atom is -0.477 e. The zero-order valence-corrected chi connectivity index (χ0v) is 36.4. The lowest BCUT2D eigenvalue weighted by atomic mass is 10.1. The number of carboxylic acid groups (broad SMARTS) is 1. The van der Waals surface area contributed by atoms with Crippen LogP contribution < -0.4 is 0 Å². The molecule has 0 rings (SSSR count). The van der Waals surface area contributed by atoms with Crippen molar-refractivity contribution in [1.29, 1.82) is 0 Å². The number of carbonyl (C=O) groups excluding carboxylic acids is 2. The number of hydrogen-bond donors (Lipinski definition) is 1. The van der Waals surface area contributed by atoms with E-state index in [0.29, 0.717) is 19.3 Å². The van der Waals surface area contributed by atoms with Crippen molar-refractivity contribution < 1.29 is 38.2 Å². The van der Waals surface area contributed by atoms with E-state index in [1.165, 1.54) is 103 Å². The lowest BCUT2D eigenvalue weighted by Gasteiger charge is -2.31. The van der Waals surface area contributed by atoms with E-state index in [9.17, 15) is 19.5 Å². The molecule has 0 aromatic carbocycles. The normalized spacial score (nSPS) is 13.3. The van der Waals surface area contributed by atoms with Crippen LogP contribution in [0, 0.1) is 0 Å². The molecule has 0 amide bonds. The van der Waals surface area contributed by atoms with Crippen molar-refractivity contribution in [3.05, 3.63) is 36.5 Å². The van der Waals surface area contributed by atoms with E-state index in [1.807, 2.05) is 21.1 Å². The molecule has 0 aliphatic carbocycles. The topological polar surface area (TPSA) is 99.1 Å².